The van der Waals surface area contributed by atoms with Gasteiger partial charge in [0.05, 0.1) is 16.2 Å². The molecule has 1 N–H and O–H groups in total. The average Bonchev–Trinajstić information content (AvgIpc) is 2.70. The molecule has 0 radical (unpaired) electrons. The van der Waals surface area contributed by atoms with E-state index in [4.69, 9.17) is 11.6 Å². The number of anilines is 4. The van der Waals surface area contributed by atoms with Gasteiger partial charge in [0.25, 0.3) is 0 Å². The Bertz CT molecular complexity index is 1100. The fourth-order valence-corrected chi connectivity index (χ4v) is 3.70. The Kier molecular flexibility index (Phi) is 8.34. The van der Waals surface area contributed by atoms with Gasteiger partial charge in [-0.05, 0) is 58.6 Å². The summed E-state index contributed by atoms with van der Waals surface area (Å²) in [5.41, 5.74) is -0.503. The quantitative estimate of drug-likeness (QED) is 0.148. The standard InChI is InChI=1S/C20H13ClFIN3O3.W/c1-25(14-5-3-2-4-6-14)20-17(26(28)29)9-12(11-27)19(18(20)22)24-16-8-7-13(23)10-15(16)21;/h2-10,24H,1H3;/q-1;+2. The molecule has 3 aromatic rings. The predicted octanol–water partition coefficient (Wildman–Crippen LogP) is 5.96. The molecule has 0 fully saturated rings. The first kappa shape index (κ1) is 24.2. The minimum absolute atomic E-state index is 0. The van der Waals surface area contributed by atoms with Crippen molar-refractivity contribution in [3.8, 4) is 0 Å². The van der Waals surface area contributed by atoms with Gasteiger partial charge in [0, 0.05) is 22.0 Å². The number of nitro groups is 1. The number of rotatable bonds is 6. The second-order valence-corrected chi connectivity index (χ2v) is 7.64. The number of halogens is 3. The van der Waals surface area contributed by atoms with Gasteiger partial charge in [-0.3, -0.25) is 10.1 Å². The Labute approximate surface area is 205 Å². The summed E-state index contributed by atoms with van der Waals surface area (Å²) in [6.07, 6.45) is 1.57. The first-order valence-corrected chi connectivity index (χ1v) is 9.69. The molecule has 0 spiro atoms. The summed E-state index contributed by atoms with van der Waals surface area (Å²) in [6.45, 7) is 0. The van der Waals surface area contributed by atoms with Crippen molar-refractivity contribution in [2.24, 2.45) is 0 Å². The molecule has 3 aromatic carbocycles. The van der Waals surface area contributed by atoms with Crippen LogP contribution in [-0.2, 0) is 25.9 Å². The van der Waals surface area contributed by atoms with Crippen LogP contribution in [0.15, 0.2) is 54.6 Å². The Hall–Kier alpha value is -2.03. The molecule has 3 rings (SSSR count). The van der Waals surface area contributed by atoms with Crippen molar-refractivity contribution in [1.29, 1.82) is 0 Å². The molecule has 0 aliphatic heterocycles. The molecule has 0 saturated heterocycles. The molecule has 10 heteroatoms. The summed E-state index contributed by atoms with van der Waals surface area (Å²) >= 11 is 8.28. The van der Waals surface area contributed by atoms with E-state index in [-0.39, 0.29) is 38.0 Å². The van der Waals surface area contributed by atoms with Crippen LogP contribution < -0.4 is 10.2 Å². The van der Waals surface area contributed by atoms with Crippen LogP contribution in [0.1, 0.15) is 5.56 Å². The molecule has 0 aliphatic rings. The molecule has 30 heavy (non-hydrogen) atoms. The number of nitrogens with one attached hydrogen (secondary N) is 1. The smallest absolute Gasteiger partial charge is 0.404 e. The molecule has 0 bridgehead atoms. The molecule has 0 atom stereocenters. The van der Waals surface area contributed by atoms with E-state index in [9.17, 15) is 14.9 Å². The first-order chi connectivity index (χ1) is 13.8. The van der Waals surface area contributed by atoms with E-state index in [1.807, 2.05) is 0 Å². The fourth-order valence-electron chi connectivity index (χ4n) is 2.79. The van der Waals surface area contributed by atoms with E-state index in [2.05, 4.69) is 27.9 Å². The SMILES string of the molecule is CN(c1ccccc1)c1c([N+](=O)[O-])cc([C-]=O)c(Nc2ccc(I)cc2Cl)c1F.[W+2]. The zero-order valence-corrected chi connectivity index (χ0v) is 21.2. The third-order valence-corrected chi connectivity index (χ3v) is 5.18. The van der Waals surface area contributed by atoms with Crippen molar-refractivity contribution in [1.82, 2.24) is 0 Å². The normalized spacial score (nSPS) is 10.1. The van der Waals surface area contributed by atoms with Gasteiger partial charge in [-0.2, -0.15) is 0 Å². The maximum Gasteiger partial charge on any atom is 2.00 e. The zero-order valence-electron chi connectivity index (χ0n) is 15.4. The maximum absolute atomic E-state index is 15.5. The van der Waals surface area contributed by atoms with Crippen LogP contribution >= 0.6 is 34.2 Å². The van der Waals surface area contributed by atoms with Gasteiger partial charge in [-0.25, -0.2) is 4.39 Å². The van der Waals surface area contributed by atoms with Crippen molar-refractivity contribution in [2.45, 2.75) is 0 Å². The number of hydrogen-bond donors (Lipinski definition) is 1. The van der Waals surface area contributed by atoms with Crippen molar-refractivity contribution in [2.75, 3.05) is 17.3 Å². The van der Waals surface area contributed by atoms with Crippen LogP contribution in [0, 0.1) is 19.5 Å². The van der Waals surface area contributed by atoms with Crippen molar-refractivity contribution in [3.63, 3.8) is 0 Å². The molecule has 0 aromatic heterocycles. The third-order valence-electron chi connectivity index (χ3n) is 4.20. The Morgan fingerprint density at radius 1 is 1.20 bits per heavy atom. The summed E-state index contributed by atoms with van der Waals surface area (Å²) in [5.74, 6) is -0.960. The Morgan fingerprint density at radius 3 is 2.43 bits per heavy atom. The van der Waals surface area contributed by atoms with E-state index < -0.39 is 16.4 Å². The van der Waals surface area contributed by atoms with Crippen LogP contribution in [0.2, 0.25) is 5.02 Å². The molecule has 0 aliphatic carbocycles. The minimum Gasteiger partial charge on any atom is -0.404 e. The van der Waals surface area contributed by atoms with Crippen LogP contribution in [-0.4, -0.2) is 18.3 Å². The number of nitro benzene ring substituents is 1. The molecule has 0 heterocycles. The number of para-hydroxylation sites is 1. The second-order valence-electron chi connectivity index (χ2n) is 5.98. The molecule has 0 amide bonds. The molecule has 6 nitrogen and oxygen atoms in total. The van der Waals surface area contributed by atoms with Crippen LogP contribution in [0.4, 0.5) is 32.8 Å². The monoisotopic (exact) mass is 708 g/mol. The van der Waals surface area contributed by atoms with Gasteiger partial charge in [0.2, 0.25) is 5.69 Å². The Morgan fingerprint density at radius 2 is 1.87 bits per heavy atom. The minimum atomic E-state index is -0.960. The van der Waals surface area contributed by atoms with Gasteiger partial charge in [-0.1, -0.05) is 35.9 Å². The van der Waals surface area contributed by atoms with Gasteiger partial charge in [-0.15, -0.1) is 5.56 Å². The molecular formula is C20H13ClFIN3O3W+. The van der Waals surface area contributed by atoms with Gasteiger partial charge in [0.1, 0.15) is 11.5 Å². The molecular weight excluding hydrogens is 695 g/mol. The van der Waals surface area contributed by atoms with E-state index in [0.29, 0.717) is 16.4 Å². The summed E-state index contributed by atoms with van der Waals surface area (Å²) in [7, 11) is 1.51. The van der Waals surface area contributed by atoms with Gasteiger partial charge in [0.15, 0.2) is 0 Å². The number of hydrogen-bond acceptors (Lipinski definition) is 5. The zero-order chi connectivity index (χ0) is 21.1. The average molecular weight is 709 g/mol. The van der Waals surface area contributed by atoms with Crippen LogP contribution in [0.25, 0.3) is 0 Å². The third kappa shape index (κ3) is 4.99. The van der Waals surface area contributed by atoms with Crippen molar-refractivity contribution in [3.05, 3.63) is 84.7 Å². The van der Waals surface area contributed by atoms with Gasteiger partial charge < -0.3 is 15.0 Å². The number of benzene rings is 3. The maximum atomic E-state index is 15.5. The van der Waals surface area contributed by atoms with E-state index >= 15 is 4.39 Å². The van der Waals surface area contributed by atoms with E-state index in [0.717, 1.165) is 9.64 Å². The predicted molar refractivity (Wildman–Crippen MR) is 120 cm³/mol. The summed E-state index contributed by atoms with van der Waals surface area (Å²) in [6, 6.07) is 14.6. The largest absolute Gasteiger partial charge is 2.00 e. The Balaban J connectivity index is 0.00000320. The fraction of sp³-hybridized carbons (Fsp3) is 0.0500. The van der Waals surface area contributed by atoms with Crippen LogP contribution in [0.5, 0.6) is 0 Å². The first-order valence-electron chi connectivity index (χ1n) is 8.23. The van der Waals surface area contributed by atoms with Crippen LogP contribution in [0.3, 0.4) is 0 Å². The van der Waals surface area contributed by atoms with E-state index in [1.54, 1.807) is 54.8 Å². The summed E-state index contributed by atoms with van der Waals surface area (Å²) in [5, 5.41) is 14.7. The molecule has 152 valence electrons. The van der Waals surface area contributed by atoms with E-state index in [1.165, 1.54) is 11.9 Å². The van der Waals surface area contributed by atoms with Crippen molar-refractivity contribution >= 4 is 68.9 Å². The number of carbonyl (C=O) groups excluding carboxylic acids is 1. The molecule has 0 unspecified atom stereocenters. The second kappa shape index (κ2) is 10.3. The summed E-state index contributed by atoms with van der Waals surface area (Å²) < 4.78 is 16.4. The topological polar surface area (TPSA) is 75.5 Å². The van der Waals surface area contributed by atoms with Crippen molar-refractivity contribution < 1.29 is 35.2 Å². The van der Waals surface area contributed by atoms with Gasteiger partial charge >= 0.3 is 21.1 Å². The molecule has 0 saturated carbocycles. The summed E-state index contributed by atoms with van der Waals surface area (Å²) in [4.78, 5) is 23.6. The number of nitrogens with zero attached hydrogens (tertiary/aromatic N) is 2.